The molecule has 4 aliphatic rings. The SMILES string of the molecule is CC(CCC(C)C(C)(O)CO)C1CCC2C3CC=C4CC(O)CCC4(C)C3CCC12C. The second-order valence-corrected chi connectivity index (χ2v) is 12.9. The van der Waals surface area contributed by atoms with Crippen molar-refractivity contribution in [2.45, 2.75) is 111 Å². The van der Waals surface area contributed by atoms with Crippen molar-refractivity contribution < 1.29 is 15.3 Å². The first-order valence-electron chi connectivity index (χ1n) is 13.2. The highest BCUT2D eigenvalue weighted by Gasteiger charge is 2.59. The molecule has 0 spiro atoms. The van der Waals surface area contributed by atoms with Crippen LogP contribution in [0, 0.1) is 46.3 Å². The molecule has 3 nitrogen and oxygen atoms in total. The van der Waals surface area contributed by atoms with E-state index in [4.69, 9.17) is 0 Å². The molecule has 0 saturated heterocycles. The zero-order chi connectivity index (χ0) is 22.6. The molecule has 3 heteroatoms. The van der Waals surface area contributed by atoms with E-state index in [-0.39, 0.29) is 18.6 Å². The minimum absolute atomic E-state index is 0.115. The summed E-state index contributed by atoms with van der Waals surface area (Å²) in [6, 6.07) is 0. The maximum atomic E-state index is 10.4. The number of allylic oxidation sites excluding steroid dienone is 1. The molecule has 0 aliphatic heterocycles. The molecule has 10 unspecified atom stereocenters. The number of aliphatic hydroxyl groups excluding tert-OH is 2. The smallest absolute Gasteiger partial charge is 0.0874 e. The van der Waals surface area contributed by atoms with Gasteiger partial charge in [0.2, 0.25) is 0 Å². The minimum Gasteiger partial charge on any atom is -0.393 e. The summed E-state index contributed by atoms with van der Waals surface area (Å²) >= 11 is 0. The Kier molecular flexibility index (Phi) is 6.47. The van der Waals surface area contributed by atoms with Crippen LogP contribution in [0.2, 0.25) is 0 Å². The van der Waals surface area contributed by atoms with Gasteiger partial charge in [0.1, 0.15) is 0 Å². The van der Waals surface area contributed by atoms with Crippen molar-refractivity contribution in [2.75, 3.05) is 6.61 Å². The van der Waals surface area contributed by atoms with Gasteiger partial charge in [-0.05, 0) is 111 Å². The van der Waals surface area contributed by atoms with Crippen LogP contribution < -0.4 is 0 Å². The fourth-order valence-electron chi connectivity index (χ4n) is 8.80. The highest BCUT2D eigenvalue weighted by atomic mass is 16.3. The lowest BCUT2D eigenvalue weighted by Gasteiger charge is -2.58. The molecule has 3 fully saturated rings. The van der Waals surface area contributed by atoms with Crippen molar-refractivity contribution in [3.05, 3.63) is 11.6 Å². The van der Waals surface area contributed by atoms with Gasteiger partial charge >= 0.3 is 0 Å². The van der Waals surface area contributed by atoms with E-state index in [1.54, 1.807) is 12.5 Å². The molecular weight excluding hydrogens is 384 g/mol. The van der Waals surface area contributed by atoms with E-state index in [2.05, 4.69) is 33.8 Å². The van der Waals surface area contributed by atoms with Gasteiger partial charge in [-0.25, -0.2) is 0 Å². The molecule has 0 amide bonds. The average Bonchev–Trinajstić information content (AvgIpc) is 3.09. The van der Waals surface area contributed by atoms with Gasteiger partial charge < -0.3 is 15.3 Å². The van der Waals surface area contributed by atoms with Gasteiger partial charge in [-0.15, -0.1) is 0 Å². The lowest BCUT2D eigenvalue weighted by atomic mass is 9.47. The summed E-state index contributed by atoms with van der Waals surface area (Å²) in [6.45, 7) is 11.3. The number of rotatable bonds is 6. The molecule has 0 radical (unpaired) electrons. The molecule has 3 saturated carbocycles. The molecular formula is C28H48O3. The molecule has 10 atom stereocenters. The summed E-state index contributed by atoms with van der Waals surface area (Å²) in [5.41, 5.74) is 1.40. The Morgan fingerprint density at radius 3 is 2.52 bits per heavy atom. The van der Waals surface area contributed by atoms with Crippen LogP contribution in [0.5, 0.6) is 0 Å². The van der Waals surface area contributed by atoms with Crippen LogP contribution in [0.1, 0.15) is 98.8 Å². The first kappa shape index (κ1) is 23.8. The van der Waals surface area contributed by atoms with Gasteiger partial charge in [-0.3, -0.25) is 0 Å². The maximum absolute atomic E-state index is 10.4. The average molecular weight is 433 g/mol. The molecule has 3 N–H and O–H groups in total. The van der Waals surface area contributed by atoms with Crippen molar-refractivity contribution in [3.8, 4) is 0 Å². The predicted molar refractivity (Wildman–Crippen MR) is 126 cm³/mol. The van der Waals surface area contributed by atoms with E-state index in [1.807, 2.05) is 0 Å². The first-order valence-corrected chi connectivity index (χ1v) is 13.2. The van der Waals surface area contributed by atoms with Gasteiger partial charge in [0.05, 0.1) is 18.3 Å². The van der Waals surface area contributed by atoms with Crippen LogP contribution in [0.15, 0.2) is 11.6 Å². The Morgan fingerprint density at radius 2 is 1.81 bits per heavy atom. The Bertz CT molecular complexity index is 684. The molecule has 0 aromatic heterocycles. The standard InChI is InChI=1S/C28H48O3/c1-18(6-7-19(2)28(5,31)17-29)23-10-11-24-22-9-8-20-16-21(30)12-14-26(20,3)25(22)13-15-27(23,24)4/h8,18-19,21-25,29-31H,6-7,9-17H2,1-5H3. The van der Waals surface area contributed by atoms with E-state index in [9.17, 15) is 15.3 Å². The van der Waals surface area contributed by atoms with Crippen molar-refractivity contribution in [2.24, 2.45) is 46.3 Å². The lowest BCUT2D eigenvalue weighted by Crippen LogP contribution is -2.50. The van der Waals surface area contributed by atoms with Crippen molar-refractivity contribution in [1.29, 1.82) is 0 Å². The van der Waals surface area contributed by atoms with Crippen LogP contribution in [0.3, 0.4) is 0 Å². The summed E-state index contributed by atoms with van der Waals surface area (Å²) in [6.07, 6.45) is 14.4. The topological polar surface area (TPSA) is 60.7 Å². The maximum Gasteiger partial charge on any atom is 0.0874 e. The molecule has 0 aromatic rings. The van der Waals surface area contributed by atoms with Gasteiger partial charge in [-0.1, -0.05) is 45.8 Å². The number of aliphatic hydroxyl groups is 3. The molecule has 0 aromatic carbocycles. The van der Waals surface area contributed by atoms with Crippen LogP contribution in [0.4, 0.5) is 0 Å². The summed E-state index contributed by atoms with van der Waals surface area (Å²) in [5, 5.41) is 30.1. The second kappa shape index (κ2) is 8.44. The van der Waals surface area contributed by atoms with Gasteiger partial charge in [0.15, 0.2) is 0 Å². The largest absolute Gasteiger partial charge is 0.393 e. The van der Waals surface area contributed by atoms with Crippen molar-refractivity contribution >= 4 is 0 Å². The first-order chi connectivity index (χ1) is 14.5. The summed E-state index contributed by atoms with van der Waals surface area (Å²) in [7, 11) is 0. The van der Waals surface area contributed by atoms with Gasteiger partial charge in [-0.2, -0.15) is 0 Å². The fourth-order valence-corrected chi connectivity index (χ4v) is 8.80. The minimum atomic E-state index is -0.963. The third-order valence-electron chi connectivity index (χ3n) is 11.3. The Labute approximate surface area is 190 Å². The second-order valence-electron chi connectivity index (χ2n) is 12.9. The van der Waals surface area contributed by atoms with E-state index in [0.29, 0.717) is 16.7 Å². The molecule has 178 valence electrons. The fraction of sp³-hybridized carbons (Fsp3) is 0.929. The zero-order valence-electron chi connectivity index (χ0n) is 20.7. The summed E-state index contributed by atoms with van der Waals surface area (Å²) in [5.74, 6) is 4.08. The number of fused-ring (bicyclic) bond motifs is 5. The van der Waals surface area contributed by atoms with Crippen LogP contribution in [0.25, 0.3) is 0 Å². The molecule has 4 rings (SSSR count). The van der Waals surface area contributed by atoms with Gasteiger partial charge in [0, 0.05) is 0 Å². The lowest BCUT2D eigenvalue weighted by molar-refractivity contribution is -0.0610. The number of hydrogen-bond donors (Lipinski definition) is 3. The van der Waals surface area contributed by atoms with Gasteiger partial charge in [0.25, 0.3) is 0 Å². The molecule has 0 bridgehead atoms. The zero-order valence-corrected chi connectivity index (χ0v) is 20.7. The third-order valence-corrected chi connectivity index (χ3v) is 11.3. The van der Waals surface area contributed by atoms with E-state index in [1.165, 1.54) is 38.5 Å². The Balaban J connectivity index is 1.46. The highest BCUT2D eigenvalue weighted by molar-refractivity contribution is 5.25. The monoisotopic (exact) mass is 432 g/mol. The van der Waals surface area contributed by atoms with Crippen molar-refractivity contribution in [3.63, 3.8) is 0 Å². The van der Waals surface area contributed by atoms with E-state index < -0.39 is 5.60 Å². The summed E-state index contributed by atoms with van der Waals surface area (Å²) in [4.78, 5) is 0. The number of hydrogen-bond acceptors (Lipinski definition) is 3. The molecule has 31 heavy (non-hydrogen) atoms. The molecule has 4 aliphatic carbocycles. The van der Waals surface area contributed by atoms with E-state index >= 15 is 0 Å². The van der Waals surface area contributed by atoms with Crippen LogP contribution in [-0.2, 0) is 0 Å². The Hall–Kier alpha value is -0.380. The molecule has 0 heterocycles. The Morgan fingerprint density at radius 1 is 1.06 bits per heavy atom. The van der Waals surface area contributed by atoms with Crippen molar-refractivity contribution in [1.82, 2.24) is 0 Å². The third kappa shape index (κ3) is 3.95. The van der Waals surface area contributed by atoms with Crippen LogP contribution >= 0.6 is 0 Å². The predicted octanol–water partition coefficient (Wildman–Crippen LogP) is 5.72. The van der Waals surface area contributed by atoms with E-state index in [0.717, 1.165) is 49.4 Å². The normalized spacial score (nSPS) is 46.2. The van der Waals surface area contributed by atoms with Crippen LogP contribution in [-0.4, -0.2) is 33.6 Å². The highest BCUT2D eigenvalue weighted by Crippen LogP contribution is 2.67. The quantitative estimate of drug-likeness (QED) is 0.470. The summed E-state index contributed by atoms with van der Waals surface area (Å²) < 4.78 is 0.